The molecule has 3 rings (SSSR count). The Kier molecular flexibility index (Phi) is 5.63. The number of hydrogen-bond acceptors (Lipinski definition) is 3. The zero-order valence-electron chi connectivity index (χ0n) is 14.4. The second kappa shape index (κ2) is 7.91. The topological polar surface area (TPSA) is 38.8 Å². The molecule has 0 aromatic heterocycles. The van der Waals surface area contributed by atoms with Gasteiger partial charge >= 0.3 is 0 Å². The van der Waals surface area contributed by atoms with Crippen LogP contribution < -0.4 is 9.47 Å². The van der Waals surface area contributed by atoms with E-state index in [1.54, 1.807) is 7.11 Å². The van der Waals surface area contributed by atoms with Gasteiger partial charge in [0.15, 0.2) is 6.10 Å². The molecule has 2 aromatic carbocycles. The van der Waals surface area contributed by atoms with Crippen molar-refractivity contribution < 1.29 is 14.3 Å². The van der Waals surface area contributed by atoms with Crippen LogP contribution in [-0.2, 0) is 4.79 Å². The molecular weight excluding hydrogens is 382 g/mol. The molecule has 0 spiro atoms. The predicted octanol–water partition coefficient (Wildman–Crippen LogP) is 4.59. The van der Waals surface area contributed by atoms with Crippen LogP contribution in [0.15, 0.2) is 53.0 Å². The molecule has 2 aromatic rings. The number of hydrogen-bond donors (Lipinski definition) is 0. The predicted molar refractivity (Wildman–Crippen MR) is 101 cm³/mol. The smallest absolute Gasteiger partial charge is 0.263 e. The van der Waals surface area contributed by atoms with Crippen LogP contribution in [0.4, 0.5) is 0 Å². The van der Waals surface area contributed by atoms with Gasteiger partial charge in [0, 0.05) is 11.0 Å². The lowest BCUT2D eigenvalue weighted by Gasteiger charge is -2.28. The molecule has 5 heteroatoms. The van der Waals surface area contributed by atoms with Crippen LogP contribution >= 0.6 is 15.9 Å². The van der Waals surface area contributed by atoms with Gasteiger partial charge in [-0.2, -0.15) is 0 Å². The number of carbonyl (C=O) groups is 1. The van der Waals surface area contributed by atoms with Crippen LogP contribution in [-0.4, -0.2) is 30.6 Å². The maximum atomic E-state index is 12.9. The number of ether oxygens (including phenoxy) is 2. The molecule has 0 saturated carbocycles. The van der Waals surface area contributed by atoms with Gasteiger partial charge in [-0.15, -0.1) is 0 Å². The zero-order chi connectivity index (χ0) is 17.8. The number of benzene rings is 2. The molecule has 0 aliphatic carbocycles. The highest BCUT2D eigenvalue weighted by Crippen LogP contribution is 2.34. The maximum Gasteiger partial charge on any atom is 0.263 e. The molecule has 2 unspecified atom stereocenters. The van der Waals surface area contributed by atoms with Crippen LogP contribution in [0.5, 0.6) is 11.5 Å². The largest absolute Gasteiger partial charge is 0.497 e. The summed E-state index contributed by atoms with van der Waals surface area (Å²) in [7, 11) is 1.66. The van der Waals surface area contributed by atoms with Crippen molar-refractivity contribution in [3.63, 3.8) is 0 Å². The lowest BCUT2D eigenvalue weighted by Crippen LogP contribution is -2.40. The van der Waals surface area contributed by atoms with Gasteiger partial charge < -0.3 is 14.4 Å². The first kappa shape index (κ1) is 17.8. The summed E-state index contributed by atoms with van der Waals surface area (Å²) in [6.45, 7) is 2.57. The number of methoxy groups -OCH3 is 1. The summed E-state index contributed by atoms with van der Waals surface area (Å²) >= 11 is 3.40. The van der Waals surface area contributed by atoms with Crippen molar-refractivity contribution in [2.45, 2.75) is 31.9 Å². The van der Waals surface area contributed by atoms with Crippen molar-refractivity contribution in [2.75, 3.05) is 13.7 Å². The lowest BCUT2D eigenvalue weighted by atomic mass is 10.0. The Morgan fingerprint density at radius 3 is 2.68 bits per heavy atom. The van der Waals surface area contributed by atoms with Crippen molar-refractivity contribution in [2.24, 2.45) is 0 Å². The molecule has 1 saturated heterocycles. The minimum absolute atomic E-state index is 0.0215. The fourth-order valence-corrected chi connectivity index (χ4v) is 3.49. The summed E-state index contributed by atoms with van der Waals surface area (Å²) in [6, 6.07) is 15.6. The van der Waals surface area contributed by atoms with E-state index in [-0.39, 0.29) is 11.9 Å². The average Bonchev–Trinajstić information content (AvgIpc) is 3.12. The van der Waals surface area contributed by atoms with Crippen molar-refractivity contribution in [3.8, 4) is 11.5 Å². The Labute approximate surface area is 156 Å². The first-order valence-corrected chi connectivity index (χ1v) is 9.24. The summed E-state index contributed by atoms with van der Waals surface area (Å²) in [5, 5.41) is 0. The number of likely N-dealkylation sites (tertiary alicyclic amines) is 1. The molecule has 4 nitrogen and oxygen atoms in total. The van der Waals surface area contributed by atoms with E-state index in [0.717, 1.165) is 35.2 Å². The normalized spacial score (nSPS) is 18.0. The summed E-state index contributed by atoms with van der Waals surface area (Å²) in [5.41, 5.74) is 1.11. The highest BCUT2D eigenvalue weighted by molar-refractivity contribution is 9.10. The molecule has 1 heterocycles. The minimum Gasteiger partial charge on any atom is -0.497 e. The van der Waals surface area contributed by atoms with Gasteiger partial charge in [0.05, 0.1) is 13.2 Å². The van der Waals surface area contributed by atoms with Gasteiger partial charge in [-0.3, -0.25) is 4.79 Å². The second-order valence-electron chi connectivity index (χ2n) is 6.18. The first-order valence-electron chi connectivity index (χ1n) is 8.45. The molecule has 1 fully saturated rings. The number of rotatable bonds is 5. The van der Waals surface area contributed by atoms with Crippen molar-refractivity contribution in [1.29, 1.82) is 0 Å². The fourth-order valence-electron chi connectivity index (χ4n) is 3.23. The average molecular weight is 404 g/mol. The molecular formula is C20H22BrNO3. The van der Waals surface area contributed by atoms with Gasteiger partial charge in [0.2, 0.25) is 0 Å². The van der Waals surface area contributed by atoms with E-state index in [0.29, 0.717) is 5.75 Å². The van der Waals surface area contributed by atoms with E-state index < -0.39 is 6.10 Å². The van der Waals surface area contributed by atoms with Crippen LogP contribution in [0.2, 0.25) is 0 Å². The van der Waals surface area contributed by atoms with Gasteiger partial charge in [0.25, 0.3) is 5.91 Å². The third-order valence-electron chi connectivity index (χ3n) is 4.49. The Bertz CT molecular complexity index is 732. The standard InChI is InChI=1S/C20H22BrNO3/c1-14(25-17-10-8-16(21)9-11-17)20(23)22-12-4-7-19(22)15-5-3-6-18(13-15)24-2/h3,5-6,8-11,13-14,19H,4,7,12H2,1-2H3. The van der Waals surface area contributed by atoms with Crippen LogP contribution in [0.1, 0.15) is 31.4 Å². The van der Waals surface area contributed by atoms with Crippen molar-refractivity contribution >= 4 is 21.8 Å². The summed E-state index contributed by atoms with van der Waals surface area (Å²) < 4.78 is 12.1. The van der Waals surface area contributed by atoms with Crippen LogP contribution in [0.3, 0.4) is 0 Å². The first-order chi connectivity index (χ1) is 12.1. The van der Waals surface area contributed by atoms with Gasteiger partial charge in [-0.1, -0.05) is 28.1 Å². The van der Waals surface area contributed by atoms with E-state index in [4.69, 9.17) is 9.47 Å². The molecule has 132 valence electrons. The third-order valence-corrected chi connectivity index (χ3v) is 5.02. The zero-order valence-corrected chi connectivity index (χ0v) is 16.0. The Morgan fingerprint density at radius 2 is 1.96 bits per heavy atom. The summed E-state index contributed by atoms with van der Waals surface area (Å²) in [6.07, 6.45) is 1.44. The summed E-state index contributed by atoms with van der Waals surface area (Å²) in [4.78, 5) is 14.8. The van der Waals surface area contributed by atoms with Gasteiger partial charge in [-0.05, 0) is 61.7 Å². The molecule has 25 heavy (non-hydrogen) atoms. The highest BCUT2D eigenvalue weighted by Gasteiger charge is 2.33. The third kappa shape index (κ3) is 4.15. The van der Waals surface area contributed by atoms with E-state index >= 15 is 0 Å². The van der Waals surface area contributed by atoms with Gasteiger partial charge in [-0.25, -0.2) is 0 Å². The molecule has 1 amide bonds. The number of carbonyl (C=O) groups excluding carboxylic acids is 1. The Morgan fingerprint density at radius 1 is 1.20 bits per heavy atom. The molecule has 1 aliphatic heterocycles. The van der Waals surface area contributed by atoms with Crippen LogP contribution in [0.25, 0.3) is 0 Å². The minimum atomic E-state index is -0.521. The molecule has 0 radical (unpaired) electrons. The van der Waals surface area contributed by atoms with Gasteiger partial charge in [0.1, 0.15) is 11.5 Å². The molecule has 0 N–H and O–H groups in total. The van der Waals surface area contributed by atoms with Crippen molar-refractivity contribution in [3.05, 3.63) is 58.6 Å². The number of halogens is 1. The SMILES string of the molecule is COc1cccc(C2CCCN2C(=O)C(C)Oc2ccc(Br)cc2)c1. The lowest BCUT2D eigenvalue weighted by molar-refractivity contribution is -0.138. The van der Waals surface area contributed by atoms with Crippen LogP contribution in [0, 0.1) is 0 Å². The number of amides is 1. The monoisotopic (exact) mass is 403 g/mol. The van der Waals surface area contributed by atoms with E-state index in [1.165, 1.54) is 0 Å². The Balaban J connectivity index is 1.72. The quantitative estimate of drug-likeness (QED) is 0.732. The van der Waals surface area contributed by atoms with E-state index in [1.807, 2.05) is 54.3 Å². The number of nitrogens with zero attached hydrogens (tertiary/aromatic N) is 1. The molecule has 1 aliphatic rings. The van der Waals surface area contributed by atoms with E-state index in [2.05, 4.69) is 22.0 Å². The molecule has 2 atom stereocenters. The Hall–Kier alpha value is -2.01. The second-order valence-corrected chi connectivity index (χ2v) is 7.10. The molecule has 0 bridgehead atoms. The van der Waals surface area contributed by atoms with E-state index in [9.17, 15) is 4.79 Å². The van der Waals surface area contributed by atoms with Crippen molar-refractivity contribution in [1.82, 2.24) is 4.90 Å². The maximum absolute atomic E-state index is 12.9. The summed E-state index contributed by atoms with van der Waals surface area (Å²) in [5.74, 6) is 1.53. The fraction of sp³-hybridized carbons (Fsp3) is 0.350. The highest BCUT2D eigenvalue weighted by atomic mass is 79.9.